The summed E-state index contributed by atoms with van der Waals surface area (Å²) in [5, 5.41) is 12.7. The Morgan fingerprint density at radius 2 is 1.94 bits per heavy atom. The molecule has 0 aromatic heterocycles. The largest absolute Gasteiger partial charge is 0.494 e. The van der Waals surface area contributed by atoms with Crippen molar-refractivity contribution < 1.29 is 13.9 Å². The van der Waals surface area contributed by atoms with Crippen molar-refractivity contribution in [2.45, 2.75) is 13.3 Å². The van der Waals surface area contributed by atoms with Crippen molar-refractivity contribution in [2.75, 3.05) is 11.9 Å². The minimum absolute atomic E-state index is 0.0726. The van der Waals surface area contributed by atoms with E-state index in [0.717, 1.165) is 11.1 Å². The quantitative estimate of drug-likeness (QED) is 0.365. The molecule has 0 radical (unpaired) electrons. The van der Waals surface area contributed by atoms with Crippen molar-refractivity contribution in [3.63, 3.8) is 0 Å². The normalized spacial score (nSPS) is 11.0. The van der Waals surface area contributed by atoms with Crippen LogP contribution in [0, 0.1) is 17.1 Å². The lowest BCUT2D eigenvalue weighted by atomic mass is 9.98. The minimum Gasteiger partial charge on any atom is -0.494 e. The highest BCUT2D eigenvalue weighted by atomic mass is 35.5. The zero-order chi connectivity index (χ0) is 22.2. The number of ether oxygens (including phenoxy) is 1. The number of carbonyl (C=O) groups excluding carboxylic acids is 1. The molecule has 3 rings (SSSR count). The maximum absolute atomic E-state index is 13.5. The third-order valence-electron chi connectivity index (χ3n) is 4.48. The van der Waals surface area contributed by atoms with E-state index in [-0.39, 0.29) is 11.4 Å². The lowest BCUT2D eigenvalue weighted by Crippen LogP contribution is -2.13. The van der Waals surface area contributed by atoms with Gasteiger partial charge in [-0.2, -0.15) is 5.26 Å². The van der Waals surface area contributed by atoms with E-state index in [0.29, 0.717) is 35.1 Å². The third-order valence-corrected chi connectivity index (χ3v) is 4.71. The number of hydrogen-bond donors (Lipinski definition) is 1. The van der Waals surface area contributed by atoms with Crippen molar-refractivity contribution in [2.24, 2.45) is 0 Å². The predicted molar refractivity (Wildman–Crippen MR) is 120 cm³/mol. The molecule has 156 valence electrons. The fourth-order valence-corrected chi connectivity index (χ4v) is 3.21. The van der Waals surface area contributed by atoms with Crippen LogP contribution in [0.2, 0.25) is 5.02 Å². The minimum atomic E-state index is -0.539. The van der Waals surface area contributed by atoms with Crippen LogP contribution in [0.1, 0.15) is 23.6 Å². The van der Waals surface area contributed by atoms with E-state index >= 15 is 0 Å². The van der Waals surface area contributed by atoms with Crippen molar-refractivity contribution in [3.8, 4) is 11.8 Å². The third kappa shape index (κ3) is 6.18. The first-order valence-corrected chi connectivity index (χ1v) is 10.0. The number of hydrogen-bond acceptors (Lipinski definition) is 3. The van der Waals surface area contributed by atoms with Gasteiger partial charge in [0.25, 0.3) is 5.91 Å². The van der Waals surface area contributed by atoms with Crippen molar-refractivity contribution in [3.05, 3.63) is 99.8 Å². The number of benzene rings is 3. The van der Waals surface area contributed by atoms with E-state index in [4.69, 9.17) is 16.3 Å². The second-order valence-electron chi connectivity index (χ2n) is 6.73. The van der Waals surface area contributed by atoms with Crippen LogP contribution < -0.4 is 10.1 Å². The number of amides is 1. The summed E-state index contributed by atoms with van der Waals surface area (Å²) in [5.41, 5.74) is 2.68. The van der Waals surface area contributed by atoms with Crippen molar-refractivity contribution in [1.29, 1.82) is 5.26 Å². The van der Waals surface area contributed by atoms with Crippen LogP contribution >= 0.6 is 11.6 Å². The summed E-state index contributed by atoms with van der Waals surface area (Å²) in [5.74, 6) is -0.170. The van der Waals surface area contributed by atoms with Gasteiger partial charge in [0.05, 0.1) is 6.61 Å². The van der Waals surface area contributed by atoms with E-state index in [1.54, 1.807) is 48.5 Å². The van der Waals surface area contributed by atoms with Crippen LogP contribution in [0.4, 0.5) is 10.1 Å². The van der Waals surface area contributed by atoms with Crippen LogP contribution in [0.15, 0.2) is 72.3 Å². The highest BCUT2D eigenvalue weighted by molar-refractivity contribution is 6.30. The zero-order valence-electron chi connectivity index (χ0n) is 16.9. The average molecular weight is 435 g/mol. The summed E-state index contributed by atoms with van der Waals surface area (Å²) in [6, 6.07) is 20.3. The molecule has 31 heavy (non-hydrogen) atoms. The first-order valence-electron chi connectivity index (χ1n) is 9.67. The van der Waals surface area contributed by atoms with Gasteiger partial charge < -0.3 is 10.1 Å². The molecule has 6 heteroatoms. The topological polar surface area (TPSA) is 62.1 Å². The SMILES string of the molecule is CCOc1ccc(NC(=O)/C(C#N)=C/c2cc(Cl)ccc2Cc2cccc(F)c2)cc1. The molecule has 0 bridgehead atoms. The zero-order valence-corrected chi connectivity index (χ0v) is 17.6. The molecule has 0 aliphatic carbocycles. The Bertz CT molecular complexity index is 1150. The fraction of sp³-hybridized carbons (Fsp3) is 0.120. The van der Waals surface area contributed by atoms with Gasteiger partial charge in [0.15, 0.2) is 0 Å². The highest BCUT2D eigenvalue weighted by Gasteiger charge is 2.12. The molecular formula is C25H20ClFN2O2. The van der Waals surface area contributed by atoms with Crippen molar-refractivity contribution in [1.82, 2.24) is 0 Å². The van der Waals surface area contributed by atoms with Crippen molar-refractivity contribution >= 4 is 29.3 Å². The van der Waals surface area contributed by atoms with E-state index in [1.807, 2.05) is 19.1 Å². The molecule has 1 N–H and O–H groups in total. The monoisotopic (exact) mass is 434 g/mol. The van der Waals surface area contributed by atoms with E-state index in [2.05, 4.69) is 5.32 Å². The maximum Gasteiger partial charge on any atom is 0.266 e. The first kappa shape index (κ1) is 22.1. The summed E-state index contributed by atoms with van der Waals surface area (Å²) in [4.78, 5) is 12.6. The Labute approximate surface area is 185 Å². The Morgan fingerprint density at radius 1 is 1.16 bits per heavy atom. The summed E-state index contributed by atoms with van der Waals surface area (Å²) < 4.78 is 18.9. The average Bonchev–Trinajstić information content (AvgIpc) is 2.75. The van der Waals surface area contributed by atoms with Gasteiger partial charge in [-0.3, -0.25) is 4.79 Å². The number of halogens is 2. The number of anilines is 1. The van der Waals surface area contributed by atoms with Gasteiger partial charge in [0.2, 0.25) is 0 Å². The highest BCUT2D eigenvalue weighted by Crippen LogP contribution is 2.23. The molecule has 0 unspecified atom stereocenters. The van der Waals surface area contributed by atoms with Gasteiger partial charge in [-0.05, 0) is 84.6 Å². The molecule has 0 aliphatic rings. The van der Waals surface area contributed by atoms with Gasteiger partial charge in [0.1, 0.15) is 23.2 Å². The number of nitriles is 1. The van der Waals surface area contributed by atoms with Gasteiger partial charge in [0, 0.05) is 10.7 Å². The lowest BCUT2D eigenvalue weighted by molar-refractivity contribution is -0.112. The molecule has 3 aromatic rings. The molecule has 0 spiro atoms. The molecule has 0 heterocycles. The molecule has 0 aliphatic heterocycles. The van der Waals surface area contributed by atoms with Crippen LogP contribution in [0.5, 0.6) is 5.75 Å². The lowest BCUT2D eigenvalue weighted by Gasteiger charge is -2.09. The molecule has 1 amide bonds. The Balaban J connectivity index is 1.84. The number of nitrogens with zero attached hydrogens (tertiary/aromatic N) is 1. The summed E-state index contributed by atoms with van der Waals surface area (Å²) in [6.45, 7) is 2.43. The van der Waals surface area contributed by atoms with Gasteiger partial charge in [-0.25, -0.2) is 4.39 Å². The molecule has 0 saturated heterocycles. The fourth-order valence-electron chi connectivity index (χ4n) is 3.03. The molecule has 0 saturated carbocycles. The molecule has 0 atom stereocenters. The molecule has 0 fully saturated rings. The Kier molecular flexibility index (Phi) is 7.42. The summed E-state index contributed by atoms with van der Waals surface area (Å²) in [7, 11) is 0. The summed E-state index contributed by atoms with van der Waals surface area (Å²) >= 11 is 6.14. The second-order valence-corrected chi connectivity index (χ2v) is 7.17. The molecule has 4 nitrogen and oxygen atoms in total. The second kappa shape index (κ2) is 10.4. The number of carbonyl (C=O) groups is 1. The smallest absolute Gasteiger partial charge is 0.266 e. The van der Waals surface area contributed by atoms with Gasteiger partial charge in [-0.15, -0.1) is 0 Å². The van der Waals surface area contributed by atoms with E-state index < -0.39 is 5.91 Å². The van der Waals surface area contributed by atoms with Crippen LogP contribution in [-0.4, -0.2) is 12.5 Å². The van der Waals surface area contributed by atoms with Crippen LogP contribution in [0.3, 0.4) is 0 Å². The number of nitrogens with one attached hydrogen (secondary N) is 1. The van der Waals surface area contributed by atoms with E-state index in [1.165, 1.54) is 18.2 Å². The standard InChI is InChI=1S/C25H20ClFN2O2/c1-2-31-24-10-8-23(9-11-24)29-25(30)20(16-28)14-19-15-21(26)7-6-18(19)12-17-4-3-5-22(27)13-17/h3-11,13-15H,2,12H2,1H3,(H,29,30)/b20-14+. The maximum atomic E-state index is 13.5. The Morgan fingerprint density at radius 3 is 2.61 bits per heavy atom. The predicted octanol–water partition coefficient (Wildman–Crippen LogP) is 6.01. The van der Waals surface area contributed by atoms with Gasteiger partial charge >= 0.3 is 0 Å². The van der Waals surface area contributed by atoms with Gasteiger partial charge in [-0.1, -0.05) is 29.8 Å². The van der Waals surface area contributed by atoms with E-state index in [9.17, 15) is 14.4 Å². The first-order chi connectivity index (χ1) is 15.0. The van der Waals surface area contributed by atoms with Crippen LogP contribution in [0.25, 0.3) is 6.08 Å². The summed E-state index contributed by atoms with van der Waals surface area (Å²) in [6.07, 6.45) is 1.92. The number of rotatable bonds is 7. The Hall–Kier alpha value is -3.62. The molecular weight excluding hydrogens is 415 g/mol. The molecule has 3 aromatic carbocycles. The van der Waals surface area contributed by atoms with Crippen LogP contribution in [-0.2, 0) is 11.2 Å².